The monoisotopic (exact) mass is 417 g/mol. The van der Waals surface area contributed by atoms with Gasteiger partial charge in [0.2, 0.25) is 5.91 Å². The number of carbonyl (C=O) groups is 1. The van der Waals surface area contributed by atoms with Gasteiger partial charge in [-0.3, -0.25) is 4.79 Å². The van der Waals surface area contributed by atoms with Crippen molar-refractivity contribution < 1.29 is 9.69 Å². The number of thioether (sulfide) groups is 1. The van der Waals surface area contributed by atoms with Gasteiger partial charge >= 0.3 is 0 Å². The Kier molecular flexibility index (Phi) is 6.32. The molecule has 0 spiro atoms. The number of hydrogen-bond donors (Lipinski definition) is 1. The number of aryl methyl sites for hydroxylation is 1. The molecule has 1 N–H and O–H groups in total. The summed E-state index contributed by atoms with van der Waals surface area (Å²) in [6.45, 7) is 6.49. The first-order valence-corrected chi connectivity index (χ1v) is 11.2. The Bertz CT molecular complexity index is 1080. The predicted molar refractivity (Wildman–Crippen MR) is 119 cm³/mol. The van der Waals surface area contributed by atoms with Crippen molar-refractivity contribution in [1.82, 2.24) is 9.88 Å². The highest BCUT2D eigenvalue weighted by molar-refractivity contribution is 7.99. The summed E-state index contributed by atoms with van der Waals surface area (Å²) in [5.41, 5.74) is 4.10. The molecule has 1 amide bonds. The quantitative estimate of drug-likeness (QED) is 0.648. The molecule has 0 radical (unpaired) electrons. The fraction of sp³-hybridized carbons (Fsp3) is 0.292. The number of piperazine rings is 1. The third-order valence-electron chi connectivity index (χ3n) is 5.60. The van der Waals surface area contributed by atoms with Gasteiger partial charge in [-0.1, -0.05) is 42.1 Å². The van der Waals surface area contributed by atoms with Crippen molar-refractivity contribution in [2.24, 2.45) is 0 Å². The molecule has 152 valence electrons. The number of nitrogens with one attached hydrogen (secondary N) is 1. The molecule has 2 heterocycles. The number of aromatic nitrogens is 1. The minimum atomic E-state index is 0.185. The standard InChI is InChI=1S/C24H24N4OS/c1-18-14-23(26-22-5-3-2-4-21(18)22)30-17-24(29)28-12-10-27(11-13-28)16-20-8-6-19(15-25)7-9-20/h2-9,14H,10-13,16-17H2,1H3/p+1. The summed E-state index contributed by atoms with van der Waals surface area (Å²) in [5, 5.41) is 11.0. The van der Waals surface area contributed by atoms with Crippen LogP contribution in [-0.2, 0) is 11.3 Å². The van der Waals surface area contributed by atoms with Gasteiger partial charge in [0.25, 0.3) is 0 Å². The molecule has 0 unspecified atom stereocenters. The van der Waals surface area contributed by atoms with Crippen LogP contribution in [0.15, 0.2) is 59.6 Å². The topological polar surface area (TPSA) is 61.4 Å². The van der Waals surface area contributed by atoms with Gasteiger partial charge in [-0.2, -0.15) is 5.26 Å². The van der Waals surface area contributed by atoms with E-state index in [1.54, 1.807) is 0 Å². The molecule has 3 aromatic rings. The number of fused-ring (bicyclic) bond motifs is 1. The van der Waals surface area contributed by atoms with Crippen LogP contribution in [0.1, 0.15) is 16.7 Å². The van der Waals surface area contributed by atoms with Gasteiger partial charge in [0.15, 0.2) is 0 Å². The molecule has 30 heavy (non-hydrogen) atoms. The molecule has 4 rings (SSSR count). The summed E-state index contributed by atoms with van der Waals surface area (Å²) in [5.74, 6) is 0.612. The highest BCUT2D eigenvalue weighted by atomic mass is 32.2. The van der Waals surface area contributed by atoms with Gasteiger partial charge in [-0.05, 0) is 36.8 Å². The summed E-state index contributed by atoms with van der Waals surface area (Å²) in [7, 11) is 0. The second-order valence-corrected chi connectivity index (χ2v) is 8.70. The van der Waals surface area contributed by atoms with Gasteiger partial charge < -0.3 is 9.80 Å². The maximum Gasteiger partial charge on any atom is 0.233 e. The fourth-order valence-corrected chi connectivity index (χ4v) is 4.73. The van der Waals surface area contributed by atoms with E-state index in [0.717, 1.165) is 48.7 Å². The zero-order valence-corrected chi connectivity index (χ0v) is 17.9. The van der Waals surface area contributed by atoms with Gasteiger partial charge in [-0.15, -0.1) is 0 Å². The van der Waals surface area contributed by atoms with Crippen molar-refractivity contribution in [2.75, 3.05) is 31.9 Å². The lowest BCUT2D eigenvalue weighted by Crippen LogP contribution is -3.13. The van der Waals surface area contributed by atoms with Crippen molar-refractivity contribution in [1.29, 1.82) is 5.26 Å². The second kappa shape index (κ2) is 9.29. The van der Waals surface area contributed by atoms with E-state index in [0.29, 0.717) is 11.3 Å². The third-order valence-corrected chi connectivity index (χ3v) is 6.50. The van der Waals surface area contributed by atoms with Gasteiger partial charge in [0.1, 0.15) is 6.54 Å². The van der Waals surface area contributed by atoms with E-state index in [1.165, 1.54) is 27.8 Å². The summed E-state index contributed by atoms with van der Waals surface area (Å²) in [6, 6.07) is 20.1. The first-order chi connectivity index (χ1) is 14.6. The second-order valence-electron chi connectivity index (χ2n) is 7.70. The Morgan fingerprint density at radius 1 is 1.17 bits per heavy atom. The van der Waals surface area contributed by atoms with Crippen molar-refractivity contribution in [2.45, 2.75) is 18.5 Å². The molecule has 5 nitrogen and oxygen atoms in total. The van der Waals surface area contributed by atoms with Gasteiger partial charge in [0.05, 0.1) is 54.1 Å². The van der Waals surface area contributed by atoms with Crippen molar-refractivity contribution in [3.05, 3.63) is 71.3 Å². The number of para-hydroxylation sites is 1. The summed E-state index contributed by atoms with van der Waals surface area (Å²) >= 11 is 1.52. The number of nitrogens with zero attached hydrogens (tertiary/aromatic N) is 3. The maximum absolute atomic E-state index is 12.7. The number of benzene rings is 2. The Morgan fingerprint density at radius 3 is 2.63 bits per heavy atom. The number of carbonyl (C=O) groups excluding carboxylic acids is 1. The summed E-state index contributed by atoms with van der Waals surface area (Å²) in [4.78, 5) is 20.8. The molecule has 1 aliphatic heterocycles. The highest BCUT2D eigenvalue weighted by Gasteiger charge is 2.23. The SMILES string of the molecule is Cc1cc(SCC(=O)N2CC[NH+](Cc3ccc(C#N)cc3)CC2)nc2ccccc12. The molecule has 1 saturated heterocycles. The average molecular weight is 418 g/mol. The Morgan fingerprint density at radius 2 is 1.90 bits per heavy atom. The van der Waals surface area contributed by atoms with Crippen LogP contribution in [0.25, 0.3) is 10.9 Å². The van der Waals surface area contributed by atoms with Crippen LogP contribution in [0.4, 0.5) is 0 Å². The third kappa shape index (κ3) is 4.81. The van der Waals surface area contributed by atoms with Crippen LogP contribution in [0.3, 0.4) is 0 Å². The van der Waals surface area contributed by atoms with Gasteiger partial charge in [-0.25, -0.2) is 4.98 Å². The van der Waals surface area contributed by atoms with E-state index in [-0.39, 0.29) is 5.91 Å². The highest BCUT2D eigenvalue weighted by Crippen LogP contribution is 2.23. The molecule has 6 heteroatoms. The van der Waals surface area contributed by atoms with E-state index in [2.05, 4.69) is 25.1 Å². The zero-order valence-electron chi connectivity index (χ0n) is 17.1. The maximum atomic E-state index is 12.7. The fourth-order valence-electron chi connectivity index (χ4n) is 3.85. The molecular weight excluding hydrogens is 392 g/mol. The molecule has 1 fully saturated rings. The van der Waals surface area contributed by atoms with Crippen LogP contribution >= 0.6 is 11.8 Å². The molecule has 0 aliphatic carbocycles. The Labute approximate surface area is 181 Å². The summed E-state index contributed by atoms with van der Waals surface area (Å²) < 4.78 is 0. The van der Waals surface area contributed by atoms with Crippen LogP contribution in [0, 0.1) is 18.3 Å². The van der Waals surface area contributed by atoms with Crippen molar-refractivity contribution in [3.63, 3.8) is 0 Å². The lowest BCUT2D eigenvalue weighted by atomic mass is 10.1. The Balaban J connectivity index is 1.28. The first-order valence-electron chi connectivity index (χ1n) is 10.2. The molecule has 2 aromatic carbocycles. The van der Waals surface area contributed by atoms with E-state index in [1.807, 2.05) is 47.4 Å². The molecule has 1 aromatic heterocycles. The minimum Gasteiger partial charge on any atom is -0.331 e. The number of rotatable bonds is 5. The number of amides is 1. The number of quaternary nitrogens is 1. The lowest BCUT2D eigenvalue weighted by molar-refractivity contribution is -0.917. The molecule has 1 aliphatic rings. The van der Waals surface area contributed by atoms with Gasteiger partial charge in [0, 0.05) is 10.9 Å². The van der Waals surface area contributed by atoms with E-state index in [9.17, 15) is 4.79 Å². The molecule has 0 atom stereocenters. The normalized spacial score (nSPS) is 14.6. The van der Waals surface area contributed by atoms with Crippen molar-refractivity contribution >= 4 is 28.6 Å². The predicted octanol–water partition coefficient (Wildman–Crippen LogP) is 2.43. The van der Waals surface area contributed by atoms with E-state index in [4.69, 9.17) is 10.2 Å². The molecular formula is C24H25N4OS+. The van der Waals surface area contributed by atoms with Crippen LogP contribution in [0.5, 0.6) is 0 Å². The van der Waals surface area contributed by atoms with Crippen LogP contribution < -0.4 is 4.90 Å². The average Bonchev–Trinajstić information content (AvgIpc) is 2.78. The van der Waals surface area contributed by atoms with E-state index >= 15 is 0 Å². The largest absolute Gasteiger partial charge is 0.331 e. The van der Waals surface area contributed by atoms with Crippen LogP contribution in [-0.4, -0.2) is 47.7 Å². The molecule has 0 saturated carbocycles. The van der Waals surface area contributed by atoms with Crippen molar-refractivity contribution in [3.8, 4) is 6.07 Å². The number of pyridine rings is 1. The first kappa shape index (κ1) is 20.4. The molecule has 0 bridgehead atoms. The smallest absolute Gasteiger partial charge is 0.233 e. The van der Waals surface area contributed by atoms with Crippen LogP contribution in [0.2, 0.25) is 0 Å². The minimum absolute atomic E-state index is 0.185. The zero-order chi connectivity index (χ0) is 20.9. The number of nitriles is 1. The lowest BCUT2D eigenvalue weighted by Gasteiger charge is -2.32. The Hall–Kier alpha value is -2.88. The summed E-state index contributed by atoms with van der Waals surface area (Å²) in [6.07, 6.45) is 0. The number of hydrogen-bond acceptors (Lipinski definition) is 4. The van der Waals surface area contributed by atoms with E-state index < -0.39 is 0 Å².